The number of aliphatic carboxylic acids is 2. The Morgan fingerprint density at radius 2 is 1.92 bits per heavy atom. The minimum absolute atomic E-state index is 0.119. The summed E-state index contributed by atoms with van der Waals surface area (Å²) in [6.45, 7) is 0. The zero-order valence-corrected chi connectivity index (χ0v) is 6.93. The first-order chi connectivity index (χ1) is 5.99. The van der Waals surface area contributed by atoms with Gasteiger partial charge in [0.15, 0.2) is 0 Å². The van der Waals surface area contributed by atoms with Gasteiger partial charge in [0.05, 0.1) is 5.92 Å². The summed E-state index contributed by atoms with van der Waals surface area (Å²) < 4.78 is 0. The van der Waals surface area contributed by atoms with Crippen LogP contribution >= 0.6 is 0 Å². The fourth-order valence-corrected chi connectivity index (χ4v) is 2.66. The lowest BCUT2D eigenvalue weighted by molar-refractivity contribution is -0.144. The molecule has 2 aliphatic carbocycles. The number of carboxylic acid groups (broad SMARTS) is 2. The molecule has 5 nitrogen and oxygen atoms in total. The van der Waals surface area contributed by atoms with Crippen LogP contribution in [0.25, 0.3) is 0 Å². The molecular weight excluding hydrogens is 174 g/mol. The van der Waals surface area contributed by atoms with Crippen molar-refractivity contribution in [2.45, 2.75) is 18.4 Å². The number of hydrogen-bond acceptors (Lipinski definition) is 3. The highest BCUT2D eigenvalue weighted by Crippen LogP contribution is 2.61. The van der Waals surface area contributed by atoms with Gasteiger partial charge >= 0.3 is 11.9 Å². The van der Waals surface area contributed by atoms with E-state index in [1.165, 1.54) is 0 Å². The van der Waals surface area contributed by atoms with Crippen LogP contribution in [0, 0.1) is 17.8 Å². The number of carbonyl (C=O) groups is 2. The fraction of sp³-hybridized carbons (Fsp3) is 0.750. The van der Waals surface area contributed by atoms with E-state index in [9.17, 15) is 9.59 Å². The first kappa shape index (κ1) is 8.50. The quantitative estimate of drug-likeness (QED) is 0.539. The first-order valence-corrected chi connectivity index (χ1v) is 4.24. The van der Waals surface area contributed by atoms with Crippen molar-refractivity contribution in [3.8, 4) is 0 Å². The SMILES string of the molecule is N[C@@]1(C(=O)O)[C@@H]2[C@@H](C(=O)O)CC[C@@H]21. The summed E-state index contributed by atoms with van der Waals surface area (Å²) >= 11 is 0. The van der Waals surface area contributed by atoms with Crippen LogP contribution < -0.4 is 5.73 Å². The van der Waals surface area contributed by atoms with Crippen molar-refractivity contribution in [2.24, 2.45) is 23.5 Å². The van der Waals surface area contributed by atoms with Crippen LogP contribution in [0.5, 0.6) is 0 Å². The summed E-state index contributed by atoms with van der Waals surface area (Å²) in [5.41, 5.74) is 4.36. The normalized spacial score (nSPS) is 47.0. The summed E-state index contributed by atoms with van der Waals surface area (Å²) in [7, 11) is 0. The molecule has 0 saturated heterocycles. The van der Waals surface area contributed by atoms with Gasteiger partial charge in [-0.25, -0.2) is 0 Å². The second kappa shape index (κ2) is 2.23. The Balaban J connectivity index is 2.19. The van der Waals surface area contributed by atoms with E-state index in [-0.39, 0.29) is 11.8 Å². The molecule has 0 aromatic carbocycles. The predicted octanol–water partition coefficient (Wildman–Crippen LogP) is -0.491. The van der Waals surface area contributed by atoms with Crippen molar-refractivity contribution in [3.63, 3.8) is 0 Å². The van der Waals surface area contributed by atoms with E-state index in [0.29, 0.717) is 12.8 Å². The summed E-state index contributed by atoms with van der Waals surface area (Å²) in [5.74, 6) is -2.99. The number of fused-ring (bicyclic) bond motifs is 1. The topological polar surface area (TPSA) is 101 Å². The second-order valence-corrected chi connectivity index (χ2v) is 3.89. The Morgan fingerprint density at radius 1 is 1.31 bits per heavy atom. The predicted molar refractivity (Wildman–Crippen MR) is 41.9 cm³/mol. The van der Waals surface area contributed by atoms with E-state index in [2.05, 4.69) is 0 Å². The zero-order chi connectivity index (χ0) is 9.80. The monoisotopic (exact) mass is 185 g/mol. The van der Waals surface area contributed by atoms with Gasteiger partial charge in [0.2, 0.25) is 0 Å². The Morgan fingerprint density at radius 3 is 2.31 bits per heavy atom. The van der Waals surface area contributed by atoms with Crippen LogP contribution in [0.4, 0.5) is 0 Å². The lowest BCUT2D eigenvalue weighted by Gasteiger charge is -2.13. The smallest absolute Gasteiger partial charge is 0.324 e. The first-order valence-electron chi connectivity index (χ1n) is 4.24. The van der Waals surface area contributed by atoms with Gasteiger partial charge in [-0.05, 0) is 18.8 Å². The molecule has 2 rings (SSSR count). The molecule has 0 amide bonds. The molecule has 72 valence electrons. The second-order valence-electron chi connectivity index (χ2n) is 3.89. The minimum atomic E-state index is -1.25. The molecule has 2 aliphatic rings. The van der Waals surface area contributed by atoms with Crippen molar-refractivity contribution < 1.29 is 19.8 Å². The highest BCUT2D eigenvalue weighted by molar-refractivity contribution is 5.87. The van der Waals surface area contributed by atoms with Gasteiger partial charge < -0.3 is 15.9 Å². The number of nitrogens with two attached hydrogens (primary N) is 1. The lowest BCUT2D eigenvalue weighted by atomic mass is 9.97. The summed E-state index contributed by atoms with van der Waals surface area (Å²) in [6, 6.07) is 0. The molecule has 0 heterocycles. The van der Waals surface area contributed by atoms with E-state index >= 15 is 0 Å². The van der Waals surface area contributed by atoms with E-state index in [1.807, 2.05) is 0 Å². The Kier molecular flexibility index (Phi) is 1.46. The maximum absolute atomic E-state index is 10.7. The lowest BCUT2D eigenvalue weighted by Crippen LogP contribution is -2.40. The van der Waals surface area contributed by atoms with Gasteiger partial charge in [-0.2, -0.15) is 0 Å². The third-order valence-electron chi connectivity index (χ3n) is 3.40. The molecule has 2 saturated carbocycles. The van der Waals surface area contributed by atoms with E-state index in [1.54, 1.807) is 0 Å². The highest BCUT2D eigenvalue weighted by Gasteiger charge is 2.73. The average Bonchev–Trinajstić information content (AvgIpc) is 2.44. The maximum atomic E-state index is 10.7. The Labute approximate surface area is 74.5 Å². The van der Waals surface area contributed by atoms with Crippen LogP contribution in [0.1, 0.15) is 12.8 Å². The number of rotatable bonds is 2. The molecule has 2 fully saturated rings. The number of carboxylic acids is 2. The zero-order valence-electron chi connectivity index (χ0n) is 6.93. The molecule has 0 bridgehead atoms. The summed E-state index contributed by atoms with van der Waals surface area (Å²) in [5, 5.41) is 17.6. The van der Waals surface area contributed by atoms with Crippen molar-refractivity contribution in [1.29, 1.82) is 0 Å². The standard InChI is InChI=1S/C8H11NO4/c9-8(7(12)13)4-2-1-3(5(4)8)6(10)11/h3-5H,1-2,9H2,(H,10,11)(H,12,13)/t3-,4-,5+,8+/m0/s1. The third-order valence-corrected chi connectivity index (χ3v) is 3.40. The van der Waals surface area contributed by atoms with E-state index < -0.39 is 23.4 Å². The van der Waals surface area contributed by atoms with Crippen molar-refractivity contribution in [1.82, 2.24) is 0 Å². The number of hydrogen-bond donors (Lipinski definition) is 3. The molecule has 0 aliphatic heterocycles. The molecule has 0 unspecified atom stereocenters. The van der Waals surface area contributed by atoms with Crippen LogP contribution in [-0.4, -0.2) is 27.7 Å². The molecule has 0 aromatic rings. The fourth-order valence-electron chi connectivity index (χ4n) is 2.66. The third kappa shape index (κ3) is 0.848. The Hall–Kier alpha value is -1.10. The van der Waals surface area contributed by atoms with E-state index in [4.69, 9.17) is 15.9 Å². The molecule has 13 heavy (non-hydrogen) atoms. The highest BCUT2D eigenvalue weighted by atomic mass is 16.4. The van der Waals surface area contributed by atoms with Gasteiger partial charge in [0.1, 0.15) is 5.54 Å². The molecule has 0 spiro atoms. The molecule has 4 N–H and O–H groups in total. The summed E-state index contributed by atoms with van der Waals surface area (Å²) in [6.07, 6.45) is 1.20. The van der Waals surface area contributed by atoms with Crippen LogP contribution in [0.2, 0.25) is 0 Å². The molecular formula is C8H11NO4. The molecule has 0 aromatic heterocycles. The average molecular weight is 185 g/mol. The molecule has 5 heteroatoms. The van der Waals surface area contributed by atoms with Crippen LogP contribution in [0.15, 0.2) is 0 Å². The Bertz CT molecular complexity index is 290. The largest absolute Gasteiger partial charge is 0.481 e. The van der Waals surface area contributed by atoms with Gasteiger partial charge in [-0.15, -0.1) is 0 Å². The summed E-state index contributed by atoms with van der Waals surface area (Å²) in [4.78, 5) is 21.4. The van der Waals surface area contributed by atoms with Crippen LogP contribution in [0.3, 0.4) is 0 Å². The van der Waals surface area contributed by atoms with Gasteiger partial charge in [0, 0.05) is 5.92 Å². The molecule has 4 atom stereocenters. The van der Waals surface area contributed by atoms with Crippen LogP contribution in [-0.2, 0) is 9.59 Å². The minimum Gasteiger partial charge on any atom is -0.481 e. The van der Waals surface area contributed by atoms with Gasteiger partial charge in [-0.1, -0.05) is 0 Å². The van der Waals surface area contributed by atoms with Gasteiger partial charge in [0.25, 0.3) is 0 Å². The van der Waals surface area contributed by atoms with Gasteiger partial charge in [-0.3, -0.25) is 9.59 Å². The van der Waals surface area contributed by atoms with Crippen molar-refractivity contribution in [2.75, 3.05) is 0 Å². The maximum Gasteiger partial charge on any atom is 0.324 e. The molecule has 0 radical (unpaired) electrons. The van der Waals surface area contributed by atoms with Crippen molar-refractivity contribution >= 4 is 11.9 Å². The van der Waals surface area contributed by atoms with Crippen molar-refractivity contribution in [3.05, 3.63) is 0 Å². The van der Waals surface area contributed by atoms with E-state index in [0.717, 1.165) is 0 Å².